The van der Waals surface area contributed by atoms with E-state index in [0.717, 1.165) is 60.8 Å². The van der Waals surface area contributed by atoms with E-state index < -0.39 is 18.9 Å². The number of halogens is 3. The minimum absolute atomic E-state index is 0.0134. The Bertz CT molecular complexity index is 1300. The maximum absolute atomic E-state index is 13.0. The number of alkyl halides is 3. The zero-order chi connectivity index (χ0) is 27.6. The molecule has 0 spiro atoms. The first-order valence-electron chi connectivity index (χ1n) is 13.5. The van der Waals surface area contributed by atoms with Gasteiger partial charge >= 0.3 is 6.18 Å². The highest BCUT2D eigenvalue weighted by Crippen LogP contribution is 2.29. The smallest absolute Gasteiger partial charge is 0.422 e. The summed E-state index contributed by atoms with van der Waals surface area (Å²) in [5, 5.41) is 19.4. The Morgan fingerprint density at radius 3 is 2.69 bits per heavy atom. The lowest BCUT2D eigenvalue weighted by Crippen LogP contribution is -2.42. The molecular weight excluding hydrogens is 511 g/mol. The van der Waals surface area contributed by atoms with Crippen molar-refractivity contribution in [1.82, 2.24) is 25.0 Å². The van der Waals surface area contributed by atoms with Crippen LogP contribution in [-0.4, -0.2) is 75.2 Å². The van der Waals surface area contributed by atoms with Crippen LogP contribution in [0.4, 0.5) is 13.2 Å². The average molecular weight is 546 g/mol. The summed E-state index contributed by atoms with van der Waals surface area (Å²) in [5.74, 6) is 0.0499. The number of rotatable bonds is 7. The van der Waals surface area contributed by atoms with Crippen LogP contribution in [0, 0.1) is 5.92 Å². The summed E-state index contributed by atoms with van der Waals surface area (Å²) in [6, 6.07) is 8.90. The van der Waals surface area contributed by atoms with Crippen LogP contribution in [0.15, 0.2) is 36.5 Å². The Hall–Kier alpha value is -3.18. The molecule has 3 heterocycles. The molecule has 39 heavy (non-hydrogen) atoms. The van der Waals surface area contributed by atoms with Crippen LogP contribution >= 0.6 is 0 Å². The van der Waals surface area contributed by atoms with Gasteiger partial charge in [0.25, 0.3) is 5.91 Å². The lowest BCUT2D eigenvalue weighted by molar-refractivity contribution is -0.154. The topological polar surface area (TPSA) is 92.5 Å². The molecule has 1 atom stereocenters. The molecule has 1 aliphatic carbocycles. The molecule has 1 amide bonds. The van der Waals surface area contributed by atoms with Crippen molar-refractivity contribution in [3.05, 3.63) is 53.3 Å². The number of carbonyl (C=O) groups is 1. The summed E-state index contributed by atoms with van der Waals surface area (Å²) in [4.78, 5) is 19.5. The first-order valence-corrected chi connectivity index (χ1v) is 13.5. The number of ether oxygens (including phenoxy) is 1. The number of hydrogen-bond acceptors (Lipinski definition) is 6. The van der Waals surface area contributed by atoms with E-state index >= 15 is 0 Å². The van der Waals surface area contributed by atoms with E-state index in [1.54, 1.807) is 10.7 Å². The SMILES string of the molecule is Cn1cc2c(C(=O)N[C@H]3CC[C@H]([C@@H](O)CN4CCc5ccc(OCC(F)(F)F)nc5CC4)CC3)cccc2n1. The van der Waals surface area contributed by atoms with Gasteiger partial charge in [0, 0.05) is 62.5 Å². The molecule has 8 nitrogen and oxygen atoms in total. The maximum Gasteiger partial charge on any atom is 0.422 e. The van der Waals surface area contributed by atoms with E-state index in [1.165, 1.54) is 6.07 Å². The van der Waals surface area contributed by atoms with Crippen molar-refractivity contribution in [3.8, 4) is 5.88 Å². The Morgan fingerprint density at radius 1 is 1.15 bits per heavy atom. The number of pyridine rings is 1. The molecule has 0 unspecified atom stereocenters. The summed E-state index contributed by atoms with van der Waals surface area (Å²) in [5.41, 5.74) is 3.17. The van der Waals surface area contributed by atoms with Crippen LogP contribution in [0.2, 0.25) is 0 Å². The standard InChI is InChI=1S/C28H34F3N5O3/c1-35-15-22-21(3-2-4-24(22)34-35)27(38)32-20-8-5-19(6-9-20)25(37)16-36-13-11-18-7-10-26(33-23(18)12-14-36)39-17-28(29,30)31/h2-4,7,10,15,19-20,25,37H,5-6,8-9,11-14,16-17H2,1H3,(H,32,38)/t19-,20-,25-/m0/s1. The predicted molar refractivity (Wildman–Crippen MR) is 140 cm³/mol. The molecule has 3 aromatic rings. The minimum atomic E-state index is -4.40. The van der Waals surface area contributed by atoms with Gasteiger partial charge in [-0.15, -0.1) is 0 Å². The number of nitrogens with one attached hydrogen (secondary N) is 1. The number of aliphatic hydroxyl groups excluding tert-OH is 1. The number of fused-ring (bicyclic) bond motifs is 2. The Labute approximate surface area is 225 Å². The molecule has 1 aliphatic heterocycles. The van der Waals surface area contributed by atoms with E-state index in [0.29, 0.717) is 25.1 Å². The van der Waals surface area contributed by atoms with E-state index in [-0.39, 0.29) is 23.7 Å². The van der Waals surface area contributed by atoms with Crippen LogP contribution in [0.25, 0.3) is 10.9 Å². The fraction of sp³-hybridized carbons (Fsp3) is 0.536. The Kier molecular flexibility index (Phi) is 8.08. The number of aliphatic hydroxyl groups is 1. The van der Waals surface area contributed by atoms with Crippen molar-refractivity contribution in [2.24, 2.45) is 13.0 Å². The van der Waals surface area contributed by atoms with Crippen molar-refractivity contribution < 1.29 is 27.8 Å². The number of β-amino-alcohol motifs (C(OH)–C–C–N with tert-alkyl or cyclic N) is 1. The summed E-state index contributed by atoms with van der Waals surface area (Å²) in [6.07, 6.45) is 1.57. The second kappa shape index (κ2) is 11.5. The van der Waals surface area contributed by atoms with Gasteiger partial charge in [-0.1, -0.05) is 12.1 Å². The predicted octanol–water partition coefficient (Wildman–Crippen LogP) is 3.66. The monoisotopic (exact) mass is 545 g/mol. The molecule has 1 aromatic carbocycles. The van der Waals surface area contributed by atoms with Crippen molar-refractivity contribution in [2.45, 2.75) is 56.8 Å². The average Bonchev–Trinajstić information content (AvgIpc) is 3.18. The van der Waals surface area contributed by atoms with Gasteiger partial charge in [-0.2, -0.15) is 18.3 Å². The first-order chi connectivity index (χ1) is 18.6. The fourth-order valence-electron chi connectivity index (χ4n) is 5.71. The third-order valence-corrected chi connectivity index (χ3v) is 7.79. The van der Waals surface area contributed by atoms with Crippen LogP contribution in [0.5, 0.6) is 5.88 Å². The number of benzene rings is 1. The van der Waals surface area contributed by atoms with Crippen molar-refractivity contribution in [1.29, 1.82) is 0 Å². The maximum atomic E-state index is 13.0. The van der Waals surface area contributed by atoms with Gasteiger partial charge in [-0.3, -0.25) is 9.48 Å². The Morgan fingerprint density at radius 2 is 1.92 bits per heavy atom. The number of aromatic nitrogens is 3. The molecule has 0 bridgehead atoms. The van der Waals surface area contributed by atoms with Gasteiger partial charge in [0.05, 0.1) is 17.2 Å². The molecule has 1 fully saturated rings. The molecular formula is C28H34F3N5O3. The van der Waals surface area contributed by atoms with Gasteiger partial charge < -0.3 is 20.1 Å². The summed E-state index contributed by atoms with van der Waals surface area (Å²) in [6.45, 7) is 0.602. The quantitative estimate of drug-likeness (QED) is 0.471. The number of aryl methyl sites for hydroxylation is 1. The number of nitrogens with zero attached hydrogens (tertiary/aromatic N) is 4. The molecule has 2 N–H and O–H groups in total. The third kappa shape index (κ3) is 6.88. The number of hydrogen-bond donors (Lipinski definition) is 2. The lowest BCUT2D eigenvalue weighted by Gasteiger charge is -2.34. The normalized spacial score (nSPS) is 21.3. The summed E-state index contributed by atoms with van der Waals surface area (Å²) >= 11 is 0. The highest BCUT2D eigenvalue weighted by atomic mass is 19.4. The second-order valence-corrected chi connectivity index (χ2v) is 10.7. The van der Waals surface area contributed by atoms with Crippen molar-refractivity contribution >= 4 is 16.8 Å². The molecule has 0 radical (unpaired) electrons. The largest absolute Gasteiger partial charge is 0.468 e. The van der Waals surface area contributed by atoms with Crippen LogP contribution < -0.4 is 10.1 Å². The van der Waals surface area contributed by atoms with Gasteiger partial charge in [0.1, 0.15) is 0 Å². The molecule has 0 saturated heterocycles. The third-order valence-electron chi connectivity index (χ3n) is 7.79. The molecule has 2 aromatic heterocycles. The number of carbonyl (C=O) groups excluding carboxylic acids is 1. The van der Waals surface area contributed by atoms with Crippen LogP contribution in [0.3, 0.4) is 0 Å². The van der Waals surface area contributed by atoms with E-state index in [4.69, 9.17) is 4.74 Å². The van der Waals surface area contributed by atoms with Gasteiger partial charge in [0.2, 0.25) is 5.88 Å². The highest BCUT2D eigenvalue weighted by Gasteiger charge is 2.30. The van der Waals surface area contributed by atoms with Crippen molar-refractivity contribution in [3.63, 3.8) is 0 Å². The zero-order valence-electron chi connectivity index (χ0n) is 22.0. The number of amides is 1. The Balaban J connectivity index is 1.09. The van der Waals surface area contributed by atoms with Crippen LogP contribution in [-0.2, 0) is 19.9 Å². The van der Waals surface area contributed by atoms with E-state index in [9.17, 15) is 23.1 Å². The molecule has 210 valence electrons. The summed E-state index contributed by atoms with van der Waals surface area (Å²) < 4.78 is 43.9. The molecule has 5 rings (SSSR count). The van der Waals surface area contributed by atoms with E-state index in [2.05, 4.69) is 20.3 Å². The molecule has 11 heteroatoms. The van der Waals surface area contributed by atoms with E-state index in [1.807, 2.05) is 31.4 Å². The fourth-order valence-corrected chi connectivity index (χ4v) is 5.71. The van der Waals surface area contributed by atoms with Gasteiger partial charge in [-0.05, 0) is 55.7 Å². The first kappa shape index (κ1) is 27.4. The van der Waals surface area contributed by atoms with Gasteiger partial charge in [-0.25, -0.2) is 4.98 Å². The highest BCUT2D eigenvalue weighted by molar-refractivity contribution is 6.06. The second-order valence-electron chi connectivity index (χ2n) is 10.7. The zero-order valence-corrected chi connectivity index (χ0v) is 22.0. The lowest BCUT2D eigenvalue weighted by atomic mass is 9.82. The van der Waals surface area contributed by atoms with Gasteiger partial charge in [0.15, 0.2) is 6.61 Å². The van der Waals surface area contributed by atoms with Crippen molar-refractivity contribution in [2.75, 3.05) is 26.2 Å². The van der Waals surface area contributed by atoms with Crippen LogP contribution in [0.1, 0.15) is 47.3 Å². The minimum Gasteiger partial charge on any atom is -0.468 e. The summed E-state index contributed by atoms with van der Waals surface area (Å²) in [7, 11) is 1.84. The molecule has 1 saturated carbocycles. The molecule has 2 aliphatic rings.